The molecule has 0 fully saturated rings. The Balaban J connectivity index is 0.000000165. The van der Waals surface area contributed by atoms with E-state index in [2.05, 4.69) is 26.4 Å². The van der Waals surface area contributed by atoms with Crippen LogP contribution in [0.1, 0.15) is 48.7 Å². The summed E-state index contributed by atoms with van der Waals surface area (Å²) >= 11 is 6.06. The van der Waals surface area contributed by atoms with E-state index >= 15 is 0 Å². The van der Waals surface area contributed by atoms with E-state index < -0.39 is 170 Å². The minimum atomic E-state index is -4.69. The number of urea groups is 4. The fraction of sp³-hybridized carbons (Fsp3) is 0.214. The number of aromatic nitrogens is 2. The second-order valence-corrected chi connectivity index (χ2v) is 40.2. The van der Waals surface area contributed by atoms with Gasteiger partial charge < -0.3 is 78.8 Å². The third kappa shape index (κ3) is 27.8. The second kappa shape index (κ2) is 45.5. The van der Waals surface area contributed by atoms with Gasteiger partial charge in [-0.05, 0) is 126 Å². The molecule has 0 saturated carbocycles. The molecule has 0 spiro atoms. The van der Waals surface area contributed by atoms with Gasteiger partial charge in [-0.3, -0.25) is 23.9 Å². The van der Waals surface area contributed by atoms with Gasteiger partial charge in [-0.25, -0.2) is 89.3 Å². The number of carbonyl (C=O) groups is 8. The van der Waals surface area contributed by atoms with Crippen LogP contribution in [0, 0.1) is 30.2 Å². The Bertz CT molecular complexity index is 7500. The number of nitrogens with one attached hydrogen (secondary N) is 8. The predicted octanol–water partition coefficient (Wildman–Crippen LogP) is 13.0. The van der Waals surface area contributed by atoms with Crippen LogP contribution in [-0.2, 0) is 92.0 Å². The molecule has 12 aromatic rings. The molecule has 7 atom stereocenters. The number of ether oxygens (including phenoxy) is 8. The lowest BCUT2D eigenvalue weighted by Crippen LogP contribution is -2.52. The standard InChI is InChI=1S/C25H21F4N3O6S.C25H23F2N3O6S.C25H24FN3O6S.C23H24ClN5O6S/c1-25(29)37-20-8-7-17(13-21(20)38-25)32(2)23(33)19(11-14-9-15(26)12-16(27)10-14)30-24(34)31-39(35,36)22-6-4-3-5-18(22)28;1-25(27)35-20-13-12-17(15-21(20)36-25)30(2)23(31)19(14-16-8-4-3-5-9-16)28-24(32)29-37(33,34)22-11-7-6-10-18(22)26;1-25(26)34-21-14-13-18(16-22(21)35-25)29(2)23(30)20(15-17-9-5-3-6-10-17)27-24(31)28-36(32,33)19-11-7-4-8-12-19;1-14-20(21(24)29(3)26-14)36(32,33)27-23(31)25-17(11-15-7-5-4-6-8-15)22(30)28(2)16-9-10-18-19(12-16)35-13-34-18/h3-10,12-13,19H,11H2,1-2H3,(H2,30,31,34);3-13,15,19H,14H2,1-2H3,(H2,28,29,32);3-14,16,20H,15H2,1-2H3,(H2,27,28,31);4-10,12,17H,11,13H2,1-3H3,(H2,25,27,31)/t2*19-,25?;20-,25?;17-/m0000/s1. The number of aryl methyl sites for hydroxylation is 2. The highest BCUT2D eigenvalue weighted by atomic mass is 35.5. The van der Waals surface area contributed by atoms with Gasteiger partial charge in [0.25, 0.3) is 40.1 Å². The minimum Gasteiger partial charge on any atom is -0.454 e. The Labute approximate surface area is 847 Å². The molecule has 16 rings (SSSR count). The molecule has 8 N–H and O–H groups in total. The lowest BCUT2D eigenvalue weighted by molar-refractivity contribution is -0.174. The molecule has 0 aliphatic carbocycles. The molecule has 0 radical (unpaired) electrons. The number of alkyl halides is 3. The maximum Gasteiger partial charge on any atom is 0.404 e. The highest BCUT2D eigenvalue weighted by Gasteiger charge is 2.43. The Kier molecular flexibility index (Phi) is 33.4. The molecule has 148 heavy (non-hydrogen) atoms. The van der Waals surface area contributed by atoms with Crippen molar-refractivity contribution in [3.8, 4) is 46.0 Å². The van der Waals surface area contributed by atoms with Gasteiger partial charge in [-0.2, -0.15) is 18.3 Å². The zero-order valence-electron chi connectivity index (χ0n) is 79.3. The van der Waals surface area contributed by atoms with Crippen molar-refractivity contribution in [1.29, 1.82) is 0 Å². The summed E-state index contributed by atoms with van der Waals surface area (Å²) in [6.45, 7) is 4.79. The van der Waals surface area contributed by atoms with Gasteiger partial charge in [0.1, 0.15) is 67.3 Å². The van der Waals surface area contributed by atoms with Gasteiger partial charge >= 0.3 is 42.2 Å². The van der Waals surface area contributed by atoms with Crippen molar-refractivity contribution < 1.29 is 141 Å². The lowest BCUT2D eigenvalue weighted by atomic mass is 10.0. The van der Waals surface area contributed by atoms with Gasteiger partial charge in [-0.15, -0.1) is 0 Å². The van der Waals surface area contributed by atoms with E-state index in [1.54, 1.807) is 126 Å². The molecule has 11 aromatic carbocycles. The molecule has 3 unspecified atom stereocenters. The van der Waals surface area contributed by atoms with Crippen molar-refractivity contribution in [3.63, 3.8) is 0 Å². The first-order valence-corrected chi connectivity index (χ1v) is 50.4. The molecule has 38 nitrogen and oxygen atoms in total. The molecule has 4 aliphatic heterocycles. The summed E-state index contributed by atoms with van der Waals surface area (Å²) in [6, 6.07) is 46.4. The molecular weight excluding hydrogens is 2050 g/mol. The molecule has 5 heterocycles. The number of benzene rings is 11. The highest BCUT2D eigenvalue weighted by Crippen LogP contribution is 2.46. The molecule has 778 valence electrons. The summed E-state index contributed by atoms with van der Waals surface area (Å²) in [4.78, 5) is 107. The van der Waals surface area contributed by atoms with Crippen LogP contribution in [0.3, 0.4) is 0 Å². The summed E-state index contributed by atoms with van der Waals surface area (Å²) in [5.41, 5.74) is 3.63. The van der Waals surface area contributed by atoms with Gasteiger partial charge in [0.2, 0.25) is 30.4 Å². The zero-order valence-corrected chi connectivity index (χ0v) is 83.3. The topological polar surface area (TPSA) is 474 Å². The van der Waals surface area contributed by atoms with E-state index in [0.717, 1.165) is 73.2 Å². The fourth-order valence-corrected chi connectivity index (χ4v) is 19.6. The number of halogens is 8. The summed E-state index contributed by atoms with van der Waals surface area (Å²) in [7, 11) is -10.5. The number of carbonyl (C=O) groups excluding carboxylic acids is 8. The fourth-order valence-electron chi connectivity index (χ4n) is 15.0. The van der Waals surface area contributed by atoms with Crippen molar-refractivity contribution in [1.82, 2.24) is 49.9 Å². The highest BCUT2D eigenvalue weighted by molar-refractivity contribution is 7.91. The molecule has 4 aliphatic rings. The smallest absolute Gasteiger partial charge is 0.404 e. The summed E-state index contributed by atoms with van der Waals surface area (Å²) < 4.78 is 248. The van der Waals surface area contributed by atoms with Crippen LogP contribution in [0.25, 0.3) is 0 Å². The van der Waals surface area contributed by atoms with Gasteiger partial charge in [-0.1, -0.05) is 145 Å². The first kappa shape index (κ1) is 109. The van der Waals surface area contributed by atoms with Crippen LogP contribution in [0.2, 0.25) is 5.15 Å². The number of sulfonamides is 4. The van der Waals surface area contributed by atoms with Crippen LogP contribution >= 0.6 is 11.6 Å². The first-order valence-electron chi connectivity index (χ1n) is 44.1. The second-order valence-electron chi connectivity index (χ2n) is 33.2. The van der Waals surface area contributed by atoms with Crippen molar-refractivity contribution in [2.24, 2.45) is 7.05 Å². The van der Waals surface area contributed by atoms with Crippen molar-refractivity contribution >= 4 is 122 Å². The summed E-state index contributed by atoms with van der Waals surface area (Å²) in [5, 5.41) is 13.3. The van der Waals surface area contributed by atoms with E-state index in [1.165, 1.54) is 152 Å². The Morgan fingerprint density at radius 3 is 0.959 bits per heavy atom. The van der Waals surface area contributed by atoms with Crippen LogP contribution in [0.4, 0.5) is 72.7 Å². The van der Waals surface area contributed by atoms with Gasteiger partial charge in [0.15, 0.2) is 46.0 Å². The van der Waals surface area contributed by atoms with Gasteiger partial charge in [0, 0.05) is 135 Å². The normalized spacial score (nSPS) is 16.1. The Morgan fingerprint density at radius 2 is 0.635 bits per heavy atom. The molecule has 0 saturated heterocycles. The quantitative estimate of drug-likeness (QED) is 0.0211. The molecule has 1 aromatic heterocycles. The number of hydrogen-bond acceptors (Lipinski definition) is 25. The molecule has 50 heteroatoms. The van der Waals surface area contributed by atoms with Gasteiger partial charge in [0.05, 0.1) is 10.6 Å². The van der Waals surface area contributed by atoms with E-state index in [1.807, 2.05) is 21.6 Å². The molecular formula is C98H92ClF7N14O24S4. The van der Waals surface area contributed by atoms with Crippen LogP contribution in [0.5, 0.6) is 46.0 Å². The number of anilines is 4. The third-order valence-electron chi connectivity index (χ3n) is 22.0. The van der Waals surface area contributed by atoms with E-state index in [-0.39, 0.29) is 92.4 Å². The number of nitrogens with zero attached hydrogens (tertiary/aromatic N) is 6. The maximum atomic E-state index is 14.0. The van der Waals surface area contributed by atoms with Crippen molar-refractivity contribution in [2.75, 3.05) is 54.6 Å². The third-order valence-corrected chi connectivity index (χ3v) is 28.1. The molecule has 0 bridgehead atoms. The monoisotopic (exact) mass is 2140 g/mol. The SMILES string of the molecule is CN(C(=O)[C@H](Cc1cc(F)cc(F)c1)NC(=O)NS(=O)(=O)c1ccccc1F)c1ccc2c(c1)OC(C)(F)O2.CN(C(=O)[C@H](Cc1ccccc1)NC(=O)NS(=O)(=O)c1ccccc1)c1ccc2c(c1)OC(C)(F)O2.CN(C(=O)[C@H](Cc1ccccc1)NC(=O)NS(=O)(=O)c1ccccc1F)c1ccc2c(c1)OC(C)(F)O2.Cc1nn(C)c(Cl)c1S(=O)(=O)NC(=O)N[C@@H](Cc1ccccc1)C(=O)N(C)c1ccc2c(c1)OCO2. The number of hydrogen-bond donors (Lipinski definition) is 8. The maximum absolute atomic E-state index is 14.0. The summed E-state index contributed by atoms with van der Waals surface area (Å²) in [6.07, 6.45) is -0.229. The first-order chi connectivity index (χ1) is 69.8. The van der Waals surface area contributed by atoms with E-state index in [4.69, 9.17) is 49.5 Å². The van der Waals surface area contributed by atoms with Crippen LogP contribution in [0.15, 0.2) is 280 Å². The van der Waals surface area contributed by atoms with E-state index in [0.29, 0.717) is 40.2 Å². The minimum absolute atomic E-state index is 0.0115. The number of amides is 12. The average molecular weight is 2150 g/mol. The Morgan fingerprint density at radius 1 is 0.358 bits per heavy atom. The predicted molar refractivity (Wildman–Crippen MR) is 521 cm³/mol. The van der Waals surface area contributed by atoms with Crippen molar-refractivity contribution in [3.05, 3.63) is 317 Å². The summed E-state index contributed by atoms with van der Waals surface area (Å²) in [5.74, 6) is -4.82. The lowest BCUT2D eigenvalue weighted by Gasteiger charge is -2.25. The average Bonchev–Trinajstić information content (AvgIpc) is 1.68. The largest absolute Gasteiger partial charge is 0.454 e. The number of rotatable bonds is 28. The zero-order chi connectivity index (χ0) is 107. The van der Waals surface area contributed by atoms with Crippen LogP contribution in [-0.4, -0.2) is 168 Å². The Hall–Kier alpha value is -16.4. The van der Waals surface area contributed by atoms with Crippen LogP contribution < -0.4 is 97.7 Å². The molecule has 12 amide bonds. The van der Waals surface area contributed by atoms with E-state index in [9.17, 15) is 103 Å². The number of likely N-dealkylation sites (N-methyl/N-ethyl adjacent to an activating group) is 4. The number of fused-ring (bicyclic) bond motifs is 4. The van der Waals surface area contributed by atoms with Crippen molar-refractivity contribution in [2.45, 2.75) is 115 Å².